The summed E-state index contributed by atoms with van der Waals surface area (Å²) in [5.74, 6) is 0.0140. The predicted molar refractivity (Wildman–Crippen MR) is 139 cm³/mol. The second kappa shape index (κ2) is 15.1. The van der Waals surface area contributed by atoms with Crippen molar-refractivity contribution in [2.45, 2.75) is 84.5 Å². The van der Waals surface area contributed by atoms with Crippen molar-refractivity contribution in [3.05, 3.63) is 51.5 Å². The lowest BCUT2D eigenvalue weighted by Crippen LogP contribution is -2.20. The number of phenols is 1. The maximum atomic E-state index is 12.2. The predicted octanol–water partition coefficient (Wildman–Crippen LogP) is 8.49. The summed E-state index contributed by atoms with van der Waals surface area (Å²) in [5, 5.41) is 13.2. The molecular formula is C27H37Cl2NO3. The first-order chi connectivity index (χ1) is 15.9. The van der Waals surface area contributed by atoms with E-state index in [9.17, 15) is 9.90 Å². The molecule has 6 heteroatoms. The van der Waals surface area contributed by atoms with Crippen LogP contribution < -0.4 is 10.1 Å². The first kappa shape index (κ1) is 27.3. The van der Waals surface area contributed by atoms with Gasteiger partial charge in [0.1, 0.15) is 5.75 Å². The minimum Gasteiger partial charge on any atom is -0.504 e. The Balaban J connectivity index is 1.64. The minimum atomic E-state index is -0.407. The Bertz CT molecular complexity index is 869. The number of halogens is 2. The quantitative estimate of drug-likeness (QED) is 0.193. The smallest absolute Gasteiger partial charge is 0.262 e. The summed E-state index contributed by atoms with van der Waals surface area (Å²) in [4.78, 5) is 12.2. The fraction of sp³-hybridized carbons (Fsp3) is 0.519. The molecule has 0 unspecified atom stereocenters. The van der Waals surface area contributed by atoms with Crippen molar-refractivity contribution in [1.29, 1.82) is 0 Å². The molecule has 1 amide bonds. The van der Waals surface area contributed by atoms with Crippen LogP contribution in [0.4, 0.5) is 5.69 Å². The Labute approximate surface area is 208 Å². The molecule has 2 aromatic rings. The number of ether oxygens (including phenoxy) is 1. The van der Waals surface area contributed by atoms with Gasteiger partial charge in [-0.2, -0.15) is 0 Å². The van der Waals surface area contributed by atoms with Gasteiger partial charge in [0.05, 0.1) is 10.7 Å². The molecule has 2 rings (SSSR count). The fourth-order valence-corrected chi connectivity index (χ4v) is 4.16. The molecule has 2 N–H and O–H groups in total. The first-order valence-corrected chi connectivity index (χ1v) is 12.9. The van der Waals surface area contributed by atoms with E-state index >= 15 is 0 Å². The van der Waals surface area contributed by atoms with Crippen LogP contribution in [0, 0.1) is 6.92 Å². The molecule has 0 atom stereocenters. The van der Waals surface area contributed by atoms with Crippen molar-refractivity contribution in [1.82, 2.24) is 0 Å². The Morgan fingerprint density at radius 3 is 2.12 bits per heavy atom. The number of hydrogen-bond acceptors (Lipinski definition) is 3. The van der Waals surface area contributed by atoms with E-state index < -0.39 is 5.91 Å². The molecule has 182 valence electrons. The van der Waals surface area contributed by atoms with Crippen LogP contribution in [0.1, 0.15) is 82.3 Å². The summed E-state index contributed by atoms with van der Waals surface area (Å²) < 4.78 is 5.56. The lowest BCUT2D eigenvalue weighted by atomic mass is 10.0. The molecule has 0 aromatic heterocycles. The molecule has 0 bridgehead atoms. The molecule has 0 fully saturated rings. The number of carbonyl (C=O) groups excluding carboxylic acids is 1. The summed E-state index contributed by atoms with van der Waals surface area (Å²) in [5.41, 5.74) is 2.00. The molecule has 0 aliphatic rings. The van der Waals surface area contributed by atoms with Crippen molar-refractivity contribution < 1.29 is 14.6 Å². The lowest BCUT2D eigenvalue weighted by molar-refractivity contribution is -0.118. The van der Waals surface area contributed by atoms with Crippen LogP contribution >= 0.6 is 23.2 Å². The molecule has 0 saturated carbocycles. The van der Waals surface area contributed by atoms with E-state index in [-0.39, 0.29) is 23.1 Å². The number of phenolic OH excluding ortho intramolecular Hbond substituents is 1. The highest BCUT2D eigenvalue weighted by Gasteiger charge is 2.15. The highest BCUT2D eigenvalue weighted by Crippen LogP contribution is 2.38. The van der Waals surface area contributed by atoms with Gasteiger partial charge in [0, 0.05) is 5.02 Å². The monoisotopic (exact) mass is 493 g/mol. The highest BCUT2D eigenvalue weighted by molar-refractivity contribution is 6.37. The van der Waals surface area contributed by atoms with Crippen molar-refractivity contribution in [2.24, 2.45) is 0 Å². The van der Waals surface area contributed by atoms with E-state index in [4.69, 9.17) is 27.9 Å². The zero-order chi connectivity index (χ0) is 24.1. The number of carbonyl (C=O) groups is 1. The normalized spacial score (nSPS) is 10.9. The third kappa shape index (κ3) is 9.85. The Morgan fingerprint density at radius 1 is 0.939 bits per heavy atom. The van der Waals surface area contributed by atoms with Crippen LogP contribution in [0.3, 0.4) is 0 Å². The molecule has 4 nitrogen and oxygen atoms in total. The number of aryl methyl sites for hydroxylation is 1. The number of aromatic hydroxyl groups is 1. The van der Waals surface area contributed by atoms with Crippen molar-refractivity contribution in [3.8, 4) is 11.5 Å². The summed E-state index contributed by atoms with van der Waals surface area (Å²) in [6.45, 7) is 3.77. The zero-order valence-corrected chi connectivity index (χ0v) is 21.4. The van der Waals surface area contributed by atoms with E-state index in [2.05, 4.69) is 12.2 Å². The van der Waals surface area contributed by atoms with Gasteiger partial charge in [-0.3, -0.25) is 4.79 Å². The largest absolute Gasteiger partial charge is 0.504 e. The van der Waals surface area contributed by atoms with Gasteiger partial charge in [-0.1, -0.05) is 100 Å². The number of nitrogens with one attached hydrogen (secondary N) is 1. The van der Waals surface area contributed by atoms with E-state index in [1.165, 1.54) is 75.8 Å². The standard InChI is InChI=1S/C27H37Cl2NO3/c1-3-4-5-6-7-8-9-10-11-12-13-21-14-16-22(17-15-21)33-19-25(31)30-24-18-23(28)20(2)26(29)27(24)32/h14-18,32H,3-13,19H2,1-2H3,(H,30,31). The highest BCUT2D eigenvalue weighted by atomic mass is 35.5. The fourth-order valence-electron chi connectivity index (χ4n) is 3.70. The lowest BCUT2D eigenvalue weighted by Gasteiger charge is -2.12. The molecule has 0 aliphatic carbocycles. The van der Waals surface area contributed by atoms with Gasteiger partial charge in [0.25, 0.3) is 5.91 Å². The Kier molecular flexibility index (Phi) is 12.5. The van der Waals surface area contributed by atoms with Gasteiger partial charge >= 0.3 is 0 Å². The SMILES string of the molecule is CCCCCCCCCCCCc1ccc(OCC(=O)Nc2cc(Cl)c(C)c(Cl)c2O)cc1. The van der Waals surface area contributed by atoms with Crippen molar-refractivity contribution in [2.75, 3.05) is 11.9 Å². The molecule has 0 radical (unpaired) electrons. The molecule has 0 aliphatic heterocycles. The molecular weight excluding hydrogens is 457 g/mol. The second-order valence-corrected chi connectivity index (χ2v) is 9.39. The Hall–Kier alpha value is -1.91. The zero-order valence-electron chi connectivity index (χ0n) is 19.9. The number of rotatable bonds is 15. The molecule has 33 heavy (non-hydrogen) atoms. The van der Waals surface area contributed by atoms with Gasteiger partial charge in [-0.05, 0) is 49.1 Å². The molecule has 2 aromatic carbocycles. The second-order valence-electron chi connectivity index (χ2n) is 8.61. The topological polar surface area (TPSA) is 58.6 Å². The van der Waals surface area contributed by atoms with Crippen LogP contribution in [-0.2, 0) is 11.2 Å². The molecule has 0 spiro atoms. The van der Waals surface area contributed by atoms with Gasteiger partial charge in [-0.15, -0.1) is 0 Å². The number of hydrogen-bond donors (Lipinski definition) is 2. The molecule has 0 saturated heterocycles. The summed E-state index contributed by atoms with van der Waals surface area (Å²) in [6, 6.07) is 9.34. The van der Waals surface area contributed by atoms with Crippen molar-refractivity contribution >= 4 is 34.8 Å². The number of amides is 1. The van der Waals surface area contributed by atoms with Gasteiger partial charge in [-0.25, -0.2) is 0 Å². The van der Waals surface area contributed by atoms with Crippen LogP contribution in [0.2, 0.25) is 10.0 Å². The maximum absolute atomic E-state index is 12.2. The maximum Gasteiger partial charge on any atom is 0.262 e. The first-order valence-electron chi connectivity index (χ1n) is 12.1. The van der Waals surface area contributed by atoms with Crippen LogP contribution in [-0.4, -0.2) is 17.6 Å². The Morgan fingerprint density at radius 2 is 1.52 bits per heavy atom. The van der Waals surface area contributed by atoms with E-state index in [1.807, 2.05) is 24.3 Å². The average molecular weight is 495 g/mol. The van der Waals surface area contributed by atoms with Crippen LogP contribution in [0.15, 0.2) is 30.3 Å². The summed E-state index contributed by atoms with van der Waals surface area (Å²) in [6.07, 6.45) is 14.4. The van der Waals surface area contributed by atoms with Crippen LogP contribution in [0.5, 0.6) is 11.5 Å². The van der Waals surface area contributed by atoms with Crippen LogP contribution in [0.25, 0.3) is 0 Å². The minimum absolute atomic E-state index is 0.122. The van der Waals surface area contributed by atoms with Gasteiger partial charge in [0.15, 0.2) is 12.4 Å². The van der Waals surface area contributed by atoms with Gasteiger partial charge < -0.3 is 15.2 Å². The molecule has 0 heterocycles. The third-order valence-electron chi connectivity index (χ3n) is 5.81. The summed E-state index contributed by atoms with van der Waals surface area (Å²) >= 11 is 12.1. The number of unbranched alkanes of at least 4 members (excludes halogenated alkanes) is 9. The number of anilines is 1. The number of benzene rings is 2. The van der Waals surface area contributed by atoms with Crippen molar-refractivity contribution in [3.63, 3.8) is 0 Å². The van der Waals surface area contributed by atoms with E-state index in [0.29, 0.717) is 16.3 Å². The van der Waals surface area contributed by atoms with Gasteiger partial charge in [0.2, 0.25) is 0 Å². The third-order valence-corrected chi connectivity index (χ3v) is 6.66. The van der Waals surface area contributed by atoms with E-state index in [0.717, 1.165) is 6.42 Å². The average Bonchev–Trinajstić information content (AvgIpc) is 2.81. The summed E-state index contributed by atoms with van der Waals surface area (Å²) in [7, 11) is 0. The van der Waals surface area contributed by atoms with E-state index in [1.54, 1.807) is 6.92 Å².